The summed E-state index contributed by atoms with van der Waals surface area (Å²) < 4.78 is 14.3. The molecule has 35 heavy (non-hydrogen) atoms. The Hall–Kier alpha value is -4.15. The van der Waals surface area contributed by atoms with Gasteiger partial charge in [-0.2, -0.15) is 10.4 Å². The van der Waals surface area contributed by atoms with Gasteiger partial charge < -0.3 is 9.15 Å². The summed E-state index contributed by atoms with van der Waals surface area (Å²) in [6, 6.07) is 14.7. The van der Waals surface area contributed by atoms with E-state index in [1.165, 1.54) is 0 Å². The van der Waals surface area contributed by atoms with E-state index in [2.05, 4.69) is 10.1 Å². The third-order valence-corrected chi connectivity index (χ3v) is 6.12. The zero-order valence-electron chi connectivity index (χ0n) is 19.6. The van der Waals surface area contributed by atoms with Gasteiger partial charge in [0.15, 0.2) is 16.9 Å². The van der Waals surface area contributed by atoms with Crippen molar-refractivity contribution in [3.8, 4) is 23.1 Å². The number of aryl methyl sites for hydroxylation is 2. The summed E-state index contributed by atoms with van der Waals surface area (Å²) in [4.78, 5) is 17.5. The number of fused-ring (bicyclic) bond motifs is 2. The molecule has 5 aromatic rings. The third-order valence-electron chi connectivity index (χ3n) is 5.91. The molecule has 0 bridgehead atoms. The minimum Gasteiger partial charge on any atom is -0.483 e. The standard InChI is InChI=1S/C27H21ClN4O3/c1-14-9-20(17(4)34-23-5-6-24(28)30-22(23)13-29)27-21(10-14)25(33)16(3)26(35-27)18-7-8-32-19(12-18)11-15(2)31-32/h5-12,17H,1-4H3/t17-/m1/s1. The molecule has 0 N–H and O–H groups in total. The van der Waals surface area contributed by atoms with Crippen LogP contribution < -0.4 is 10.2 Å². The minimum atomic E-state index is -0.536. The lowest BCUT2D eigenvalue weighted by Gasteiger charge is -2.18. The van der Waals surface area contributed by atoms with Crippen LogP contribution in [0, 0.1) is 32.1 Å². The average molecular weight is 485 g/mol. The summed E-state index contributed by atoms with van der Waals surface area (Å²) in [5.74, 6) is 0.794. The van der Waals surface area contributed by atoms with Gasteiger partial charge in [-0.25, -0.2) is 9.50 Å². The van der Waals surface area contributed by atoms with Gasteiger partial charge in [0.2, 0.25) is 0 Å². The second kappa shape index (κ2) is 8.57. The van der Waals surface area contributed by atoms with E-state index in [1.807, 2.05) is 63.4 Å². The quantitative estimate of drug-likeness (QED) is 0.286. The maximum Gasteiger partial charge on any atom is 0.196 e. The third kappa shape index (κ3) is 4.02. The Morgan fingerprint density at radius 1 is 1.14 bits per heavy atom. The molecule has 0 aliphatic carbocycles. The summed E-state index contributed by atoms with van der Waals surface area (Å²) in [5.41, 5.74) is 5.13. The first-order valence-corrected chi connectivity index (χ1v) is 11.4. The van der Waals surface area contributed by atoms with Crippen LogP contribution >= 0.6 is 11.6 Å². The van der Waals surface area contributed by atoms with Crippen molar-refractivity contribution in [2.24, 2.45) is 0 Å². The fourth-order valence-electron chi connectivity index (χ4n) is 4.26. The van der Waals surface area contributed by atoms with Gasteiger partial charge in [-0.1, -0.05) is 11.6 Å². The Balaban J connectivity index is 1.68. The smallest absolute Gasteiger partial charge is 0.196 e. The molecule has 0 unspecified atom stereocenters. The zero-order chi connectivity index (χ0) is 24.9. The molecule has 4 aromatic heterocycles. The predicted octanol–water partition coefficient (Wildman–Crippen LogP) is 6.09. The lowest BCUT2D eigenvalue weighted by atomic mass is 10.00. The van der Waals surface area contributed by atoms with Gasteiger partial charge in [-0.05, 0) is 75.7 Å². The van der Waals surface area contributed by atoms with Crippen LogP contribution in [0.1, 0.15) is 41.1 Å². The number of nitriles is 1. The van der Waals surface area contributed by atoms with Gasteiger partial charge in [0, 0.05) is 22.9 Å². The predicted molar refractivity (Wildman–Crippen MR) is 134 cm³/mol. The van der Waals surface area contributed by atoms with Crippen molar-refractivity contribution in [1.29, 1.82) is 5.26 Å². The Morgan fingerprint density at radius 2 is 1.94 bits per heavy atom. The first kappa shape index (κ1) is 22.6. The monoisotopic (exact) mass is 484 g/mol. The van der Waals surface area contributed by atoms with Crippen molar-refractivity contribution in [2.75, 3.05) is 0 Å². The van der Waals surface area contributed by atoms with Gasteiger partial charge in [0.25, 0.3) is 0 Å². The molecular weight excluding hydrogens is 464 g/mol. The van der Waals surface area contributed by atoms with Gasteiger partial charge in [-0.3, -0.25) is 4.79 Å². The number of benzene rings is 1. The molecule has 4 heterocycles. The van der Waals surface area contributed by atoms with Gasteiger partial charge in [0.05, 0.1) is 16.6 Å². The molecular formula is C27H21ClN4O3. The molecule has 8 heteroatoms. The highest BCUT2D eigenvalue weighted by molar-refractivity contribution is 6.29. The van der Waals surface area contributed by atoms with Crippen molar-refractivity contribution in [3.05, 3.63) is 92.1 Å². The van der Waals surface area contributed by atoms with E-state index in [-0.39, 0.29) is 16.3 Å². The van der Waals surface area contributed by atoms with Crippen LogP contribution in [0.25, 0.3) is 27.8 Å². The highest BCUT2D eigenvalue weighted by Crippen LogP contribution is 2.33. The number of hydrogen-bond acceptors (Lipinski definition) is 6. The Kier molecular flexibility index (Phi) is 5.54. The second-order valence-electron chi connectivity index (χ2n) is 8.54. The molecule has 0 amide bonds. The highest BCUT2D eigenvalue weighted by Gasteiger charge is 2.21. The molecule has 0 saturated carbocycles. The van der Waals surface area contributed by atoms with E-state index < -0.39 is 6.10 Å². The molecule has 5 rings (SSSR count). The Labute approximate surface area is 206 Å². The molecule has 1 atom stereocenters. The average Bonchev–Trinajstić information content (AvgIpc) is 3.21. The van der Waals surface area contributed by atoms with E-state index in [0.29, 0.717) is 33.6 Å². The van der Waals surface area contributed by atoms with E-state index in [0.717, 1.165) is 22.3 Å². The largest absolute Gasteiger partial charge is 0.483 e. The normalized spacial score (nSPS) is 12.1. The molecule has 0 aliphatic rings. The molecule has 0 aliphatic heterocycles. The Morgan fingerprint density at radius 3 is 2.71 bits per heavy atom. The summed E-state index contributed by atoms with van der Waals surface area (Å²) in [7, 11) is 0. The van der Waals surface area contributed by atoms with Gasteiger partial charge in [0.1, 0.15) is 28.7 Å². The van der Waals surface area contributed by atoms with E-state index in [1.54, 1.807) is 23.6 Å². The molecule has 0 spiro atoms. The number of rotatable bonds is 4. The van der Waals surface area contributed by atoms with E-state index in [9.17, 15) is 10.1 Å². The van der Waals surface area contributed by atoms with Crippen LogP contribution in [0.4, 0.5) is 0 Å². The van der Waals surface area contributed by atoms with Crippen LogP contribution in [-0.4, -0.2) is 14.6 Å². The first-order chi connectivity index (χ1) is 16.7. The van der Waals surface area contributed by atoms with Crippen molar-refractivity contribution in [1.82, 2.24) is 14.6 Å². The van der Waals surface area contributed by atoms with Crippen molar-refractivity contribution >= 4 is 28.1 Å². The fraction of sp³-hybridized carbons (Fsp3) is 0.185. The number of nitrogens with zero attached hydrogens (tertiary/aromatic N) is 4. The molecule has 1 aromatic carbocycles. The van der Waals surface area contributed by atoms with E-state index in [4.69, 9.17) is 20.8 Å². The number of pyridine rings is 2. The number of halogens is 1. The number of hydrogen-bond donors (Lipinski definition) is 0. The van der Waals surface area contributed by atoms with Crippen LogP contribution in [-0.2, 0) is 0 Å². The number of aromatic nitrogens is 3. The lowest BCUT2D eigenvalue weighted by molar-refractivity contribution is 0.225. The van der Waals surface area contributed by atoms with Crippen LogP contribution in [0.15, 0.2) is 57.9 Å². The van der Waals surface area contributed by atoms with E-state index >= 15 is 0 Å². The maximum atomic E-state index is 13.4. The van der Waals surface area contributed by atoms with Crippen LogP contribution in [0.3, 0.4) is 0 Å². The fourth-order valence-corrected chi connectivity index (χ4v) is 4.41. The Bertz CT molecular complexity index is 1730. The van der Waals surface area contributed by atoms with Crippen molar-refractivity contribution in [2.45, 2.75) is 33.8 Å². The summed E-state index contributed by atoms with van der Waals surface area (Å²) in [6.07, 6.45) is 1.31. The van der Waals surface area contributed by atoms with Gasteiger partial charge in [-0.15, -0.1) is 0 Å². The zero-order valence-corrected chi connectivity index (χ0v) is 20.3. The number of ether oxygens (including phenoxy) is 1. The minimum absolute atomic E-state index is 0.0868. The lowest BCUT2D eigenvalue weighted by Crippen LogP contribution is -2.12. The molecule has 0 radical (unpaired) electrons. The molecule has 174 valence electrons. The van der Waals surface area contributed by atoms with Crippen LogP contribution in [0.2, 0.25) is 5.15 Å². The molecule has 7 nitrogen and oxygen atoms in total. The van der Waals surface area contributed by atoms with Crippen LogP contribution in [0.5, 0.6) is 5.75 Å². The van der Waals surface area contributed by atoms with Gasteiger partial charge >= 0.3 is 0 Å². The second-order valence-corrected chi connectivity index (χ2v) is 8.93. The maximum absolute atomic E-state index is 13.4. The SMILES string of the molecule is Cc1cc([C@@H](C)Oc2ccc(Cl)nc2C#N)c2oc(-c3ccn4nc(C)cc4c3)c(C)c(=O)c2c1. The summed E-state index contributed by atoms with van der Waals surface area (Å²) in [6.45, 7) is 7.45. The highest BCUT2D eigenvalue weighted by atomic mass is 35.5. The topological polar surface area (TPSA) is 93.4 Å². The summed E-state index contributed by atoms with van der Waals surface area (Å²) in [5, 5.41) is 14.5. The molecule has 0 saturated heterocycles. The summed E-state index contributed by atoms with van der Waals surface area (Å²) >= 11 is 5.92. The molecule has 0 fully saturated rings. The van der Waals surface area contributed by atoms with Crippen molar-refractivity contribution < 1.29 is 9.15 Å². The van der Waals surface area contributed by atoms with Crippen molar-refractivity contribution in [3.63, 3.8) is 0 Å². The first-order valence-electron chi connectivity index (χ1n) is 11.0.